The molecule has 5 nitrogen and oxygen atoms in total. The van der Waals surface area contributed by atoms with Gasteiger partial charge in [0.15, 0.2) is 0 Å². The topological polar surface area (TPSA) is 74.7 Å². The molecule has 0 aliphatic rings. The largest absolute Gasteiger partial charge is 0.481 e. The summed E-state index contributed by atoms with van der Waals surface area (Å²) in [5, 5.41) is 8.56. The van der Waals surface area contributed by atoms with Crippen molar-refractivity contribution in [2.45, 2.75) is 44.5 Å². The molecule has 0 heterocycles. The zero-order valence-corrected chi connectivity index (χ0v) is 17.4. The molecule has 0 fully saturated rings. The number of hydrogen-bond donors (Lipinski definition) is 1. The van der Waals surface area contributed by atoms with Crippen LogP contribution in [0.15, 0.2) is 24.3 Å². The Morgan fingerprint density at radius 2 is 1.48 bits per heavy atom. The minimum absolute atomic E-state index is 0.00936. The molecule has 0 amide bonds. The van der Waals surface area contributed by atoms with Gasteiger partial charge in [-0.25, -0.2) is 8.42 Å². The first-order valence-electron chi connectivity index (χ1n) is 9.23. The second-order valence-corrected chi connectivity index (χ2v) is 8.90. The minimum Gasteiger partial charge on any atom is -0.481 e. The molecule has 12 heteroatoms. The van der Waals surface area contributed by atoms with E-state index in [-0.39, 0.29) is 31.1 Å². The molecule has 1 aromatic carbocycles. The molecule has 0 radical (unpaired) electrons. The third-order valence-electron chi connectivity index (χ3n) is 4.25. The first kappa shape index (κ1) is 27.0. The van der Waals surface area contributed by atoms with Crippen LogP contribution in [-0.2, 0) is 27.2 Å². The third-order valence-corrected chi connectivity index (χ3v) is 5.52. The lowest BCUT2D eigenvalue weighted by atomic mass is 10.0. The molecule has 0 aromatic heterocycles. The van der Waals surface area contributed by atoms with Crippen molar-refractivity contribution in [3.63, 3.8) is 0 Å². The minimum atomic E-state index is -4.97. The fraction of sp³-hybridized carbons (Fsp3) is 0.526. The van der Waals surface area contributed by atoms with Crippen molar-refractivity contribution < 1.29 is 44.7 Å². The average molecular weight is 475 g/mol. The maximum Gasteiger partial charge on any atom is 0.416 e. The number of carbonyl (C=O) groups is 1. The van der Waals surface area contributed by atoms with Gasteiger partial charge in [0, 0.05) is 19.5 Å². The second-order valence-electron chi connectivity index (χ2n) is 6.92. The van der Waals surface area contributed by atoms with Crippen LogP contribution in [0.4, 0.5) is 26.3 Å². The van der Waals surface area contributed by atoms with Gasteiger partial charge in [-0.05, 0) is 36.6 Å². The van der Waals surface area contributed by atoms with Crippen LogP contribution in [0.1, 0.15) is 48.8 Å². The predicted molar refractivity (Wildman–Crippen MR) is 103 cm³/mol. The highest BCUT2D eigenvalue weighted by atomic mass is 32.2. The molecule has 31 heavy (non-hydrogen) atoms. The summed E-state index contributed by atoms with van der Waals surface area (Å²) in [6.45, 7) is -0.141. The van der Waals surface area contributed by atoms with Crippen molar-refractivity contribution >= 4 is 22.1 Å². The number of rotatable bonds is 11. The first-order chi connectivity index (χ1) is 14.1. The molecule has 0 unspecified atom stereocenters. The molecule has 0 bridgehead atoms. The molecule has 0 aliphatic heterocycles. The van der Waals surface area contributed by atoms with E-state index >= 15 is 0 Å². The van der Waals surface area contributed by atoms with E-state index in [1.807, 2.05) is 0 Å². The van der Waals surface area contributed by atoms with Gasteiger partial charge < -0.3 is 5.11 Å². The summed E-state index contributed by atoms with van der Waals surface area (Å²) in [4.78, 5) is 10.4. The van der Waals surface area contributed by atoms with E-state index in [0.717, 1.165) is 16.6 Å². The van der Waals surface area contributed by atoms with Crippen LogP contribution in [0, 0.1) is 0 Å². The quantitative estimate of drug-likeness (QED) is 0.360. The van der Waals surface area contributed by atoms with E-state index in [1.54, 1.807) is 0 Å². The molecule has 1 N–H and O–H groups in total. The molecular formula is C19H23F6NO4S. The average Bonchev–Trinajstić information content (AvgIpc) is 2.60. The summed E-state index contributed by atoms with van der Waals surface area (Å²) >= 11 is 0. The van der Waals surface area contributed by atoms with E-state index in [2.05, 4.69) is 0 Å². The summed E-state index contributed by atoms with van der Waals surface area (Å²) in [5.74, 6) is -0.925. The first-order valence-corrected chi connectivity index (χ1v) is 11.1. The van der Waals surface area contributed by atoms with Gasteiger partial charge in [0.2, 0.25) is 10.0 Å². The number of carboxylic acid groups (broad SMARTS) is 1. The Morgan fingerprint density at radius 1 is 0.968 bits per heavy atom. The highest BCUT2D eigenvalue weighted by molar-refractivity contribution is 7.88. The Labute approximate surface area is 176 Å². The SMILES string of the molecule is CS(=O)(=O)N(CC=Cc1cc(C(F)(F)F)cc(C(F)(F)F)c1)CCCCCCC(=O)O. The molecule has 0 aliphatic carbocycles. The molecule has 0 saturated carbocycles. The van der Waals surface area contributed by atoms with E-state index in [1.165, 1.54) is 6.08 Å². The molecular weight excluding hydrogens is 452 g/mol. The van der Waals surface area contributed by atoms with E-state index in [4.69, 9.17) is 5.11 Å². The van der Waals surface area contributed by atoms with Crippen LogP contribution in [-0.4, -0.2) is 43.1 Å². The standard InChI is InChI=1S/C19H23F6NO4S/c1-31(29,30)26(9-5-3-2-4-8-17(27)28)10-6-7-14-11-15(18(20,21)22)13-16(12-14)19(23,24)25/h6-7,11-13H,2-5,8-10H2,1H3,(H,27,28). The number of benzene rings is 1. The lowest BCUT2D eigenvalue weighted by molar-refractivity contribution is -0.143. The second kappa shape index (κ2) is 11.0. The Kier molecular flexibility index (Phi) is 9.55. The zero-order valence-electron chi connectivity index (χ0n) is 16.6. The number of alkyl halides is 6. The number of unbranched alkanes of at least 4 members (excludes halogenated alkanes) is 3. The van der Waals surface area contributed by atoms with Gasteiger partial charge in [0.1, 0.15) is 0 Å². The smallest absolute Gasteiger partial charge is 0.416 e. The van der Waals surface area contributed by atoms with Crippen molar-refractivity contribution in [1.82, 2.24) is 4.31 Å². The molecule has 1 aromatic rings. The highest BCUT2D eigenvalue weighted by Gasteiger charge is 2.36. The fourth-order valence-electron chi connectivity index (χ4n) is 2.69. The van der Waals surface area contributed by atoms with Crippen LogP contribution in [0.2, 0.25) is 0 Å². The van der Waals surface area contributed by atoms with E-state index < -0.39 is 39.5 Å². The van der Waals surface area contributed by atoms with Gasteiger partial charge in [0.05, 0.1) is 17.4 Å². The van der Waals surface area contributed by atoms with Crippen LogP contribution in [0.25, 0.3) is 6.08 Å². The molecule has 176 valence electrons. The van der Waals surface area contributed by atoms with Crippen LogP contribution in [0.5, 0.6) is 0 Å². The third kappa shape index (κ3) is 10.2. The van der Waals surface area contributed by atoms with E-state index in [0.29, 0.717) is 37.8 Å². The van der Waals surface area contributed by atoms with Gasteiger partial charge >= 0.3 is 18.3 Å². The summed E-state index contributed by atoms with van der Waals surface area (Å²) in [6.07, 6.45) is -4.75. The van der Waals surface area contributed by atoms with Crippen LogP contribution in [0.3, 0.4) is 0 Å². The Balaban J connectivity index is 2.86. The predicted octanol–water partition coefficient (Wildman–Crippen LogP) is 5.03. The van der Waals surface area contributed by atoms with Crippen LogP contribution < -0.4 is 0 Å². The Morgan fingerprint density at radius 3 is 1.94 bits per heavy atom. The van der Waals surface area contributed by atoms with Gasteiger partial charge in [0.25, 0.3) is 0 Å². The molecule has 1 rings (SSSR count). The summed E-state index contributed by atoms with van der Waals surface area (Å²) < 4.78 is 102. The molecule has 0 atom stereocenters. The number of carboxylic acids is 1. The molecule has 0 saturated heterocycles. The van der Waals surface area contributed by atoms with Gasteiger partial charge in [-0.1, -0.05) is 25.0 Å². The lowest BCUT2D eigenvalue weighted by Gasteiger charge is -2.18. The normalized spacial score (nSPS) is 13.3. The van der Waals surface area contributed by atoms with E-state index in [9.17, 15) is 39.6 Å². The summed E-state index contributed by atoms with van der Waals surface area (Å²) in [5.41, 5.74) is -3.27. The van der Waals surface area contributed by atoms with Crippen molar-refractivity contribution in [2.24, 2.45) is 0 Å². The maximum absolute atomic E-state index is 12.9. The number of halogens is 6. The number of hydrogen-bond acceptors (Lipinski definition) is 3. The van der Waals surface area contributed by atoms with Crippen LogP contribution >= 0.6 is 0 Å². The summed E-state index contributed by atoms with van der Waals surface area (Å²) in [6, 6.07) is 1.13. The Hall–Kier alpha value is -2.08. The maximum atomic E-state index is 12.9. The summed E-state index contributed by atoms with van der Waals surface area (Å²) in [7, 11) is -3.66. The van der Waals surface area contributed by atoms with Gasteiger partial charge in [-0.3, -0.25) is 4.79 Å². The monoisotopic (exact) mass is 475 g/mol. The molecule has 0 spiro atoms. The fourth-order valence-corrected chi connectivity index (χ4v) is 3.51. The van der Waals surface area contributed by atoms with Gasteiger partial charge in [-0.2, -0.15) is 30.6 Å². The number of aliphatic carboxylic acids is 1. The zero-order chi connectivity index (χ0) is 23.9. The number of sulfonamides is 1. The van der Waals surface area contributed by atoms with Crippen molar-refractivity contribution in [2.75, 3.05) is 19.3 Å². The Bertz CT molecular complexity index is 846. The van der Waals surface area contributed by atoms with Crippen molar-refractivity contribution in [1.29, 1.82) is 0 Å². The van der Waals surface area contributed by atoms with Crippen molar-refractivity contribution in [3.8, 4) is 0 Å². The van der Waals surface area contributed by atoms with Gasteiger partial charge in [-0.15, -0.1) is 0 Å². The van der Waals surface area contributed by atoms with Crippen molar-refractivity contribution in [3.05, 3.63) is 41.0 Å². The number of nitrogens with zero attached hydrogens (tertiary/aromatic N) is 1. The highest BCUT2D eigenvalue weighted by Crippen LogP contribution is 2.36. The lowest BCUT2D eigenvalue weighted by Crippen LogP contribution is -2.31.